The summed E-state index contributed by atoms with van der Waals surface area (Å²) in [5.74, 6) is 1.71. The lowest BCUT2D eigenvalue weighted by Crippen LogP contribution is -2.03. The first-order valence-corrected chi connectivity index (χ1v) is 3.45. The van der Waals surface area contributed by atoms with Crippen LogP contribution < -0.4 is 5.73 Å². The van der Waals surface area contributed by atoms with Crippen LogP contribution in [0.25, 0.3) is 0 Å². The summed E-state index contributed by atoms with van der Waals surface area (Å²) in [7, 11) is 0. The summed E-state index contributed by atoms with van der Waals surface area (Å²) in [6.45, 7) is 4.51. The molecule has 0 aliphatic heterocycles. The molecule has 0 aromatic carbocycles. The second-order valence-electron chi connectivity index (χ2n) is 3.29. The summed E-state index contributed by atoms with van der Waals surface area (Å²) in [6, 6.07) is 0.553. The minimum atomic E-state index is 0.553. The van der Waals surface area contributed by atoms with Crippen LogP contribution in [0.5, 0.6) is 0 Å². The average molecular weight is 113 g/mol. The predicted octanol–water partition coefficient (Wildman–Crippen LogP) is 1.38. The maximum atomic E-state index is 5.61. The lowest BCUT2D eigenvalue weighted by Gasteiger charge is -1.99. The molecule has 2 atom stereocenters. The van der Waals surface area contributed by atoms with Crippen LogP contribution in [0.3, 0.4) is 0 Å². The van der Waals surface area contributed by atoms with E-state index in [1.807, 2.05) is 0 Å². The van der Waals surface area contributed by atoms with Crippen molar-refractivity contribution in [3.8, 4) is 0 Å². The molecule has 0 unspecified atom stereocenters. The van der Waals surface area contributed by atoms with E-state index in [9.17, 15) is 0 Å². The molecule has 1 saturated carbocycles. The normalized spacial score (nSPS) is 36.0. The molecule has 1 nitrogen and oxygen atoms in total. The summed E-state index contributed by atoms with van der Waals surface area (Å²) in [5, 5.41) is 0. The third-order valence-corrected chi connectivity index (χ3v) is 1.75. The van der Waals surface area contributed by atoms with Gasteiger partial charge in [0.05, 0.1) is 0 Å². The highest BCUT2D eigenvalue weighted by Gasteiger charge is 2.33. The van der Waals surface area contributed by atoms with E-state index in [2.05, 4.69) is 13.8 Å². The molecular formula is C7H15N. The SMILES string of the molecule is CC(C)C[C@H]1C[C@H]1N. The summed E-state index contributed by atoms with van der Waals surface area (Å²) >= 11 is 0. The average Bonchev–Trinajstić information content (AvgIpc) is 2.17. The minimum Gasteiger partial charge on any atom is -0.327 e. The van der Waals surface area contributed by atoms with Gasteiger partial charge in [-0.05, 0) is 24.7 Å². The van der Waals surface area contributed by atoms with Gasteiger partial charge in [0.1, 0.15) is 0 Å². The molecule has 1 rings (SSSR count). The maximum Gasteiger partial charge on any atom is 0.00710 e. The fraction of sp³-hybridized carbons (Fsp3) is 1.00. The van der Waals surface area contributed by atoms with Crippen molar-refractivity contribution in [3.63, 3.8) is 0 Å². The first-order valence-electron chi connectivity index (χ1n) is 3.45. The lowest BCUT2D eigenvalue weighted by molar-refractivity contribution is 0.531. The Bertz CT molecular complexity index is 78.5. The first kappa shape index (κ1) is 6.09. The van der Waals surface area contributed by atoms with E-state index in [1.54, 1.807) is 0 Å². The standard InChI is InChI=1S/C7H15N/c1-5(2)3-6-4-7(6)8/h5-7H,3-4,8H2,1-2H3/t6-,7+/m0/s1. The Balaban J connectivity index is 2.05. The lowest BCUT2D eigenvalue weighted by atomic mass is 10.1. The molecule has 1 aliphatic carbocycles. The Hall–Kier alpha value is -0.0400. The van der Waals surface area contributed by atoms with Crippen LogP contribution in [0.15, 0.2) is 0 Å². The van der Waals surface area contributed by atoms with Gasteiger partial charge in [-0.1, -0.05) is 13.8 Å². The molecule has 0 aromatic heterocycles. The Kier molecular flexibility index (Phi) is 1.57. The van der Waals surface area contributed by atoms with Crippen LogP contribution in [0, 0.1) is 11.8 Å². The van der Waals surface area contributed by atoms with E-state index < -0.39 is 0 Å². The second-order valence-corrected chi connectivity index (χ2v) is 3.29. The van der Waals surface area contributed by atoms with Gasteiger partial charge in [-0.25, -0.2) is 0 Å². The molecule has 0 bridgehead atoms. The van der Waals surface area contributed by atoms with E-state index in [0.717, 1.165) is 11.8 Å². The van der Waals surface area contributed by atoms with Gasteiger partial charge in [0.15, 0.2) is 0 Å². The Morgan fingerprint density at radius 3 is 2.25 bits per heavy atom. The quantitative estimate of drug-likeness (QED) is 0.575. The largest absolute Gasteiger partial charge is 0.327 e. The Morgan fingerprint density at radius 2 is 2.12 bits per heavy atom. The van der Waals surface area contributed by atoms with Gasteiger partial charge in [-0.2, -0.15) is 0 Å². The zero-order chi connectivity index (χ0) is 6.15. The molecule has 0 amide bonds. The van der Waals surface area contributed by atoms with Crippen LogP contribution >= 0.6 is 0 Å². The van der Waals surface area contributed by atoms with Crippen molar-refractivity contribution in [2.45, 2.75) is 32.7 Å². The summed E-state index contributed by atoms with van der Waals surface area (Å²) in [4.78, 5) is 0. The van der Waals surface area contributed by atoms with Crippen LogP contribution in [0.1, 0.15) is 26.7 Å². The molecule has 0 saturated heterocycles. The fourth-order valence-electron chi connectivity index (χ4n) is 1.15. The maximum absolute atomic E-state index is 5.61. The van der Waals surface area contributed by atoms with E-state index in [4.69, 9.17) is 5.73 Å². The zero-order valence-corrected chi connectivity index (χ0v) is 5.72. The van der Waals surface area contributed by atoms with Crippen LogP contribution in [-0.2, 0) is 0 Å². The highest BCUT2D eigenvalue weighted by molar-refractivity contribution is 4.89. The number of rotatable bonds is 2. The Morgan fingerprint density at radius 1 is 1.62 bits per heavy atom. The van der Waals surface area contributed by atoms with E-state index in [1.165, 1.54) is 12.8 Å². The molecule has 0 aromatic rings. The van der Waals surface area contributed by atoms with Crippen molar-refractivity contribution < 1.29 is 0 Å². The molecule has 0 spiro atoms. The predicted molar refractivity (Wildman–Crippen MR) is 35.5 cm³/mol. The van der Waals surface area contributed by atoms with E-state index >= 15 is 0 Å². The first-order chi connectivity index (χ1) is 3.70. The molecule has 1 fully saturated rings. The van der Waals surface area contributed by atoms with Crippen molar-refractivity contribution in [3.05, 3.63) is 0 Å². The molecule has 48 valence electrons. The molecule has 1 aliphatic rings. The van der Waals surface area contributed by atoms with Crippen molar-refractivity contribution in [1.29, 1.82) is 0 Å². The smallest absolute Gasteiger partial charge is 0.00710 e. The molecular weight excluding hydrogens is 98.1 g/mol. The number of hydrogen-bond donors (Lipinski definition) is 1. The summed E-state index contributed by atoms with van der Waals surface area (Å²) in [5.41, 5.74) is 5.61. The van der Waals surface area contributed by atoms with Crippen LogP contribution in [-0.4, -0.2) is 6.04 Å². The van der Waals surface area contributed by atoms with Gasteiger partial charge in [0.25, 0.3) is 0 Å². The molecule has 8 heavy (non-hydrogen) atoms. The van der Waals surface area contributed by atoms with Gasteiger partial charge in [-0.3, -0.25) is 0 Å². The van der Waals surface area contributed by atoms with Gasteiger partial charge < -0.3 is 5.73 Å². The van der Waals surface area contributed by atoms with E-state index in [-0.39, 0.29) is 0 Å². The van der Waals surface area contributed by atoms with E-state index in [0.29, 0.717) is 6.04 Å². The molecule has 1 heteroatoms. The van der Waals surface area contributed by atoms with Gasteiger partial charge >= 0.3 is 0 Å². The fourth-order valence-corrected chi connectivity index (χ4v) is 1.15. The number of nitrogens with two attached hydrogens (primary N) is 1. The zero-order valence-electron chi connectivity index (χ0n) is 5.72. The highest BCUT2D eigenvalue weighted by atomic mass is 14.7. The third kappa shape index (κ3) is 1.48. The van der Waals surface area contributed by atoms with Crippen molar-refractivity contribution >= 4 is 0 Å². The van der Waals surface area contributed by atoms with Crippen LogP contribution in [0.2, 0.25) is 0 Å². The van der Waals surface area contributed by atoms with Crippen LogP contribution in [0.4, 0.5) is 0 Å². The topological polar surface area (TPSA) is 26.0 Å². The van der Waals surface area contributed by atoms with Gasteiger partial charge in [0, 0.05) is 6.04 Å². The summed E-state index contributed by atoms with van der Waals surface area (Å²) < 4.78 is 0. The molecule has 2 N–H and O–H groups in total. The summed E-state index contributed by atoms with van der Waals surface area (Å²) in [6.07, 6.45) is 2.61. The van der Waals surface area contributed by atoms with Crippen molar-refractivity contribution in [2.75, 3.05) is 0 Å². The monoisotopic (exact) mass is 113 g/mol. The van der Waals surface area contributed by atoms with Gasteiger partial charge in [-0.15, -0.1) is 0 Å². The highest BCUT2D eigenvalue weighted by Crippen LogP contribution is 2.33. The third-order valence-electron chi connectivity index (χ3n) is 1.75. The molecule has 0 heterocycles. The Labute approximate surface area is 51.3 Å². The van der Waals surface area contributed by atoms with Crippen molar-refractivity contribution in [1.82, 2.24) is 0 Å². The number of hydrogen-bond acceptors (Lipinski definition) is 1. The minimum absolute atomic E-state index is 0.553. The second kappa shape index (κ2) is 2.06. The van der Waals surface area contributed by atoms with Crippen molar-refractivity contribution in [2.24, 2.45) is 17.6 Å². The van der Waals surface area contributed by atoms with Gasteiger partial charge in [0.2, 0.25) is 0 Å². The molecule has 0 radical (unpaired) electrons.